The average molecular weight is 610 g/mol. The third kappa shape index (κ3) is 5.86. The average Bonchev–Trinajstić information content (AvgIpc) is 3.26. The number of carbonyl (C=O) groups is 5. The number of carboxylic acids is 1. The molecule has 12 nitrogen and oxygen atoms in total. The zero-order chi connectivity index (χ0) is 32.0. The molecular weight excluding hydrogens is 566 g/mol. The Morgan fingerprint density at radius 1 is 1.16 bits per heavy atom. The van der Waals surface area contributed by atoms with Gasteiger partial charge in [0.25, 0.3) is 0 Å². The second-order valence-corrected chi connectivity index (χ2v) is 13.6. The molecule has 0 aromatic heterocycles. The number of rotatable bonds is 8. The molecule has 3 N–H and O–H groups in total. The smallest absolute Gasteiger partial charge is 0.408 e. The molecule has 2 heterocycles. The van der Waals surface area contributed by atoms with E-state index >= 15 is 0 Å². The summed E-state index contributed by atoms with van der Waals surface area (Å²) in [5.41, 5.74) is -0.517. The van der Waals surface area contributed by atoms with Gasteiger partial charge < -0.3 is 30.3 Å². The normalized spacial score (nSPS) is 27.4. The van der Waals surface area contributed by atoms with Crippen LogP contribution in [0.4, 0.5) is 15.3 Å². The molecule has 0 bridgehead atoms. The maximum atomic E-state index is 14.3. The van der Waals surface area contributed by atoms with Gasteiger partial charge in [0.15, 0.2) is 0 Å². The van der Waals surface area contributed by atoms with Gasteiger partial charge in [-0.1, -0.05) is 45.0 Å². The Bertz CT molecular complexity index is 1350. The van der Waals surface area contributed by atoms with Crippen molar-refractivity contribution in [2.75, 3.05) is 18.5 Å². The fourth-order valence-electron chi connectivity index (χ4n) is 6.78. The van der Waals surface area contributed by atoms with E-state index in [-0.39, 0.29) is 31.5 Å². The quantitative estimate of drug-likeness (QED) is 0.383. The SMILES string of the molecule is C=CC1C[C@]1(NC(=O)[C@@H]1C[C@@H](N2Cc3ccccc3N(C)C2=O)CN1C(=O)[C@@H](NC(=O)OC1CCCC1)C(C)(C)C)C(=O)O. The van der Waals surface area contributed by atoms with Crippen molar-refractivity contribution in [3.8, 4) is 0 Å². The summed E-state index contributed by atoms with van der Waals surface area (Å²) in [6, 6.07) is 4.65. The number of para-hydroxylation sites is 1. The molecule has 3 fully saturated rings. The summed E-state index contributed by atoms with van der Waals surface area (Å²) in [6.45, 7) is 9.46. The van der Waals surface area contributed by atoms with Gasteiger partial charge in [0, 0.05) is 26.1 Å². The molecule has 2 aliphatic heterocycles. The van der Waals surface area contributed by atoms with Gasteiger partial charge in [-0.25, -0.2) is 14.4 Å². The van der Waals surface area contributed by atoms with Crippen LogP contribution in [-0.2, 0) is 25.7 Å². The maximum Gasteiger partial charge on any atom is 0.408 e. The van der Waals surface area contributed by atoms with Crippen molar-refractivity contribution in [3.63, 3.8) is 0 Å². The highest BCUT2D eigenvalue weighted by Crippen LogP contribution is 2.45. The second kappa shape index (κ2) is 11.8. The highest BCUT2D eigenvalue weighted by Gasteiger charge is 2.61. The van der Waals surface area contributed by atoms with Crippen molar-refractivity contribution in [2.45, 2.75) is 95.6 Å². The molecule has 238 valence electrons. The molecule has 44 heavy (non-hydrogen) atoms. The molecule has 4 aliphatic rings. The number of ether oxygens (including phenoxy) is 1. The van der Waals surface area contributed by atoms with E-state index in [1.54, 1.807) is 16.8 Å². The van der Waals surface area contributed by atoms with E-state index in [0.717, 1.165) is 36.9 Å². The van der Waals surface area contributed by atoms with Crippen LogP contribution in [0.3, 0.4) is 0 Å². The van der Waals surface area contributed by atoms with Crippen LogP contribution in [0.25, 0.3) is 0 Å². The number of likely N-dealkylation sites (tertiary alicyclic amines) is 1. The van der Waals surface area contributed by atoms with Crippen molar-refractivity contribution < 1.29 is 33.8 Å². The first-order chi connectivity index (χ1) is 20.8. The van der Waals surface area contributed by atoms with Crippen LogP contribution in [0.1, 0.15) is 64.9 Å². The molecule has 0 radical (unpaired) electrons. The molecule has 0 spiro atoms. The van der Waals surface area contributed by atoms with Gasteiger partial charge in [-0.05, 0) is 55.6 Å². The number of hydrogen-bond donors (Lipinski definition) is 3. The number of aliphatic carboxylic acids is 1. The molecule has 1 aromatic rings. The van der Waals surface area contributed by atoms with Gasteiger partial charge in [0.05, 0.1) is 11.7 Å². The third-order valence-corrected chi connectivity index (χ3v) is 9.51. The van der Waals surface area contributed by atoms with E-state index in [1.165, 1.54) is 11.0 Å². The Morgan fingerprint density at radius 2 is 1.84 bits per heavy atom. The standard InChI is InChI=1S/C32H43N5O7/c1-6-20-16-32(20,28(40)41)34-26(38)24-15-21(36-17-19-11-7-10-14-23(19)35(5)30(36)43)18-37(24)27(39)25(31(2,3)4)33-29(42)44-22-12-8-9-13-22/h6-7,10-11,14,20-22,24-25H,1,8-9,12-13,15-18H2,2-5H3,(H,33,42)(H,34,38)(H,40,41)/t20?,21-,24+,25-,32-/m1/s1. The number of nitrogens with one attached hydrogen (secondary N) is 2. The van der Waals surface area contributed by atoms with Crippen LogP contribution >= 0.6 is 0 Å². The molecule has 2 saturated carbocycles. The zero-order valence-corrected chi connectivity index (χ0v) is 25.9. The van der Waals surface area contributed by atoms with Crippen LogP contribution < -0.4 is 15.5 Å². The molecule has 5 amide bonds. The van der Waals surface area contributed by atoms with Gasteiger partial charge in [0.1, 0.15) is 23.7 Å². The van der Waals surface area contributed by atoms with Crippen LogP contribution in [0.5, 0.6) is 0 Å². The van der Waals surface area contributed by atoms with E-state index in [0.29, 0.717) is 6.54 Å². The number of hydrogen-bond acceptors (Lipinski definition) is 6. The summed E-state index contributed by atoms with van der Waals surface area (Å²) in [4.78, 5) is 71.4. The van der Waals surface area contributed by atoms with E-state index in [4.69, 9.17) is 4.74 Å². The first-order valence-corrected chi connectivity index (χ1v) is 15.3. The third-order valence-electron chi connectivity index (χ3n) is 9.51. The summed E-state index contributed by atoms with van der Waals surface area (Å²) in [5, 5.41) is 15.4. The largest absolute Gasteiger partial charge is 0.479 e. The zero-order valence-electron chi connectivity index (χ0n) is 25.9. The van der Waals surface area contributed by atoms with Crippen molar-refractivity contribution >= 4 is 35.6 Å². The number of benzene rings is 1. The van der Waals surface area contributed by atoms with Gasteiger partial charge in [-0.3, -0.25) is 14.5 Å². The predicted molar refractivity (Wildman–Crippen MR) is 162 cm³/mol. The summed E-state index contributed by atoms with van der Waals surface area (Å²) < 4.78 is 5.59. The Hall–Kier alpha value is -4.09. The minimum absolute atomic E-state index is 0.0373. The molecule has 12 heteroatoms. The number of carbonyl (C=O) groups excluding carboxylic acids is 4. The van der Waals surface area contributed by atoms with Crippen molar-refractivity contribution in [1.82, 2.24) is 20.4 Å². The van der Waals surface area contributed by atoms with Gasteiger partial charge >= 0.3 is 18.1 Å². The maximum absolute atomic E-state index is 14.3. The number of alkyl carbamates (subject to hydrolysis) is 1. The van der Waals surface area contributed by atoms with Crippen molar-refractivity contribution in [3.05, 3.63) is 42.5 Å². The molecule has 1 aromatic carbocycles. The lowest BCUT2D eigenvalue weighted by molar-refractivity contribution is -0.146. The molecule has 5 rings (SSSR count). The fraction of sp³-hybridized carbons (Fsp3) is 0.594. The number of amides is 5. The number of fused-ring (bicyclic) bond motifs is 1. The second-order valence-electron chi connectivity index (χ2n) is 13.6. The highest BCUT2D eigenvalue weighted by molar-refractivity contribution is 5.97. The number of carboxylic acid groups (broad SMARTS) is 1. The Labute approximate surface area is 257 Å². The first-order valence-electron chi connectivity index (χ1n) is 15.3. The predicted octanol–water partition coefficient (Wildman–Crippen LogP) is 3.26. The summed E-state index contributed by atoms with van der Waals surface area (Å²) in [5.74, 6) is -2.72. The van der Waals surface area contributed by atoms with Crippen LogP contribution in [0.2, 0.25) is 0 Å². The van der Waals surface area contributed by atoms with E-state index in [2.05, 4.69) is 17.2 Å². The lowest BCUT2D eigenvalue weighted by atomic mass is 9.85. The number of urea groups is 1. The Balaban J connectivity index is 1.42. The Morgan fingerprint density at radius 3 is 2.45 bits per heavy atom. The van der Waals surface area contributed by atoms with E-state index in [1.807, 2.05) is 45.0 Å². The molecular formula is C32H43N5O7. The minimum Gasteiger partial charge on any atom is -0.479 e. The summed E-state index contributed by atoms with van der Waals surface area (Å²) in [6.07, 6.45) is 4.42. The monoisotopic (exact) mass is 609 g/mol. The van der Waals surface area contributed by atoms with Crippen LogP contribution in [-0.4, -0.2) is 88.2 Å². The molecule has 2 aliphatic carbocycles. The topological polar surface area (TPSA) is 149 Å². The van der Waals surface area contributed by atoms with Gasteiger partial charge in [-0.2, -0.15) is 0 Å². The lowest BCUT2D eigenvalue weighted by Gasteiger charge is -2.38. The van der Waals surface area contributed by atoms with Crippen molar-refractivity contribution in [1.29, 1.82) is 0 Å². The minimum atomic E-state index is -1.49. The van der Waals surface area contributed by atoms with Gasteiger partial charge in [-0.15, -0.1) is 6.58 Å². The lowest BCUT2D eigenvalue weighted by Crippen LogP contribution is -2.59. The molecule has 1 unspecified atom stereocenters. The fourth-order valence-corrected chi connectivity index (χ4v) is 6.78. The first kappa shape index (κ1) is 31.3. The number of nitrogens with zero attached hydrogens (tertiary/aromatic N) is 3. The molecule has 1 saturated heterocycles. The van der Waals surface area contributed by atoms with E-state index < -0.39 is 58.9 Å². The summed E-state index contributed by atoms with van der Waals surface area (Å²) in [7, 11) is 1.68. The van der Waals surface area contributed by atoms with E-state index in [9.17, 15) is 29.1 Å². The summed E-state index contributed by atoms with van der Waals surface area (Å²) >= 11 is 0. The van der Waals surface area contributed by atoms with Gasteiger partial charge in [0.2, 0.25) is 11.8 Å². The highest BCUT2D eigenvalue weighted by atomic mass is 16.6. The van der Waals surface area contributed by atoms with Crippen LogP contribution in [0, 0.1) is 11.3 Å². The number of anilines is 1. The molecule has 5 atom stereocenters. The Kier molecular flexibility index (Phi) is 8.39. The van der Waals surface area contributed by atoms with Crippen molar-refractivity contribution in [2.24, 2.45) is 11.3 Å². The van der Waals surface area contributed by atoms with Crippen LogP contribution in [0.15, 0.2) is 36.9 Å².